The van der Waals surface area contributed by atoms with E-state index in [-0.39, 0.29) is 46.5 Å². The van der Waals surface area contributed by atoms with Crippen molar-refractivity contribution in [1.29, 1.82) is 0 Å². The minimum absolute atomic E-state index is 0. The lowest BCUT2D eigenvalue weighted by Crippen LogP contribution is -3.00. The Morgan fingerprint density at radius 1 is 0.636 bits per heavy atom. The lowest BCUT2D eigenvalue weighted by Gasteiger charge is -2.13. The maximum absolute atomic E-state index is 5.74. The zero-order valence-electron chi connectivity index (χ0n) is 18.5. The number of halogens is 2. The number of pyridine rings is 2. The lowest BCUT2D eigenvalue weighted by molar-refractivity contribution is -0.703. The smallest absolute Gasteiger partial charge is 0.245 e. The number of benzene rings is 1. The third-order valence-corrected chi connectivity index (χ3v) is 5.92. The summed E-state index contributed by atoms with van der Waals surface area (Å²) in [6.45, 7) is 6.28. The fraction of sp³-hybridized carbons (Fsp3) is 0.360. The first-order chi connectivity index (χ1) is 15.3. The number of hydrogen-bond acceptors (Lipinski definition) is 4. The fourth-order valence-electron chi connectivity index (χ4n) is 4.20. The molecule has 0 aliphatic carbocycles. The molecule has 4 heterocycles. The van der Waals surface area contributed by atoms with Crippen LogP contribution in [0.1, 0.15) is 40.7 Å². The van der Waals surface area contributed by atoms with Crippen molar-refractivity contribution in [2.24, 2.45) is 0 Å². The highest BCUT2D eigenvalue weighted by molar-refractivity contribution is 5.33. The minimum Gasteiger partial charge on any atom is -1.00 e. The molecule has 6 nitrogen and oxygen atoms in total. The molecule has 0 spiro atoms. The van der Waals surface area contributed by atoms with Gasteiger partial charge in [0.2, 0.25) is 24.0 Å². The van der Waals surface area contributed by atoms with E-state index in [2.05, 4.69) is 58.8 Å². The highest BCUT2D eigenvalue weighted by Crippen LogP contribution is 2.22. The van der Waals surface area contributed by atoms with Gasteiger partial charge >= 0.3 is 0 Å². The van der Waals surface area contributed by atoms with Crippen LogP contribution in [0.5, 0.6) is 0 Å². The predicted octanol–water partition coefficient (Wildman–Crippen LogP) is -3.23. The van der Waals surface area contributed by atoms with Gasteiger partial charge in [-0.2, -0.15) is 9.13 Å². The van der Waals surface area contributed by atoms with E-state index >= 15 is 0 Å². The maximum Gasteiger partial charge on any atom is 0.245 e. The summed E-state index contributed by atoms with van der Waals surface area (Å²) in [5.74, 6) is 0. The number of aromatic nitrogens is 2. The first-order valence-electron chi connectivity index (χ1n) is 10.8. The second kappa shape index (κ2) is 12.1. The molecule has 0 N–H and O–H groups in total. The van der Waals surface area contributed by atoms with E-state index in [0.717, 1.165) is 24.5 Å². The van der Waals surface area contributed by atoms with Crippen LogP contribution in [0.25, 0.3) is 0 Å². The number of rotatable bonds is 6. The molecule has 2 aliphatic rings. The molecule has 3 aromatic rings. The molecular formula is C25H28Br2N2O4. The summed E-state index contributed by atoms with van der Waals surface area (Å²) < 4.78 is 27.4. The van der Waals surface area contributed by atoms with Crippen LogP contribution in [0.2, 0.25) is 0 Å². The molecule has 0 saturated carbocycles. The normalized spacial score (nSPS) is 16.4. The Labute approximate surface area is 215 Å². The van der Waals surface area contributed by atoms with Gasteiger partial charge in [-0.05, 0) is 24.6 Å². The van der Waals surface area contributed by atoms with E-state index in [1.165, 1.54) is 16.7 Å². The minimum atomic E-state index is -0.293. The summed E-state index contributed by atoms with van der Waals surface area (Å²) in [6.07, 6.45) is 3.59. The van der Waals surface area contributed by atoms with Gasteiger partial charge in [0.05, 0.1) is 26.4 Å². The molecule has 33 heavy (non-hydrogen) atoms. The van der Waals surface area contributed by atoms with Crippen LogP contribution in [0, 0.1) is 6.92 Å². The SMILES string of the molecule is Cc1c(C[n+]2ccccc2C2OCCO2)cccc1C[n+]1ccccc1C1OCCO1.[Br-].[Br-]. The van der Waals surface area contributed by atoms with Crippen molar-refractivity contribution in [2.75, 3.05) is 26.4 Å². The second-order valence-electron chi connectivity index (χ2n) is 7.86. The van der Waals surface area contributed by atoms with E-state index < -0.39 is 0 Å². The monoisotopic (exact) mass is 578 g/mol. The molecule has 2 saturated heterocycles. The Morgan fingerprint density at radius 3 is 1.48 bits per heavy atom. The average Bonchev–Trinajstić information content (AvgIpc) is 3.52. The van der Waals surface area contributed by atoms with Gasteiger partial charge in [-0.1, -0.05) is 18.2 Å². The largest absolute Gasteiger partial charge is 1.00 e. The van der Waals surface area contributed by atoms with Gasteiger partial charge in [-0.15, -0.1) is 0 Å². The van der Waals surface area contributed by atoms with Crippen molar-refractivity contribution in [1.82, 2.24) is 0 Å². The molecule has 2 fully saturated rings. The van der Waals surface area contributed by atoms with Crippen LogP contribution in [0.3, 0.4) is 0 Å². The van der Waals surface area contributed by atoms with Gasteiger partial charge in [0, 0.05) is 35.4 Å². The zero-order valence-corrected chi connectivity index (χ0v) is 21.7. The molecule has 2 aliphatic heterocycles. The first kappa shape index (κ1) is 25.9. The van der Waals surface area contributed by atoms with E-state index in [9.17, 15) is 0 Å². The van der Waals surface area contributed by atoms with Crippen LogP contribution in [0.15, 0.2) is 67.0 Å². The van der Waals surface area contributed by atoms with Gasteiger partial charge in [-0.25, -0.2) is 0 Å². The molecule has 0 radical (unpaired) electrons. The first-order valence-corrected chi connectivity index (χ1v) is 10.8. The van der Waals surface area contributed by atoms with Crippen LogP contribution in [-0.2, 0) is 32.0 Å². The molecule has 5 rings (SSSR count). The summed E-state index contributed by atoms with van der Waals surface area (Å²) in [7, 11) is 0. The molecule has 8 heteroatoms. The van der Waals surface area contributed by atoms with Gasteiger partial charge in [-0.3, -0.25) is 0 Å². The molecule has 0 atom stereocenters. The Balaban J connectivity index is 0.00000153. The Hall–Kier alpha value is -1.68. The van der Waals surface area contributed by atoms with Gasteiger partial charge in [0.1, 0.15) is 0 Å². The highest BCUT2D eigenvalue weighted by Gasteiger charge is 2.29. The van der Waals surface area contributed by atoms with E-state index in [1.54, 1.807) is 0 Å². The van der Waals surface area contributed by atoms with Crippen molar-refractivity contribution >= 4 is 0 Å². The third kappa shape index (κ3) is 5.88. The van der Waals surface area contributed by atoms with Crippen LogP contribution < -0.4 is 43.1 Å². The number of hydrogen-bond donors (Lipinski definition) is 0. The van der Waals surface area contributed by atoms with Gasteiger partial charge < -0.3 is 52.9 Å². The summed E-state index contributed by atoms with van der Waals surface area (Å²) in [5, 5.41) is 0. The molecule has 2 aromatic heterocycles. The standard InChI is InChI=1S/C25H28N2O4.2BrH/c1-19-20(17-26-11-4-2-9-22(26)24-28-13-14-29-24)7-6-8-21(19)18-27-12-5-3-10-23(27)25-30-15-16-31-25;;/h2-12,24-25H,13-18H2,1H3;2*1H/q+2;;/p-2. The van der Waals surface area contributed by atoms with Crippen LogP contribution in [0.4, 0.5) is 0 Å². The molecule has 176 valence electrons. The lowest BCUT2D eigenvalue weighted by atomic mass is 10.0. The zero-order chi connectivity index (χ0) is 21.0. The highest BCUT2D eigenvalue weighted by atomic mass is 79.9. The van der Waals surface area contributed by atoms with Crippen molar-refractivity contribution < 1.29 is 62.0 Å². The Bertz CT molecular complexity index is 974. The average molecular weight is 580 g/mol. The molecule has 1 aromatic carbocycles. The van der Waals surface area contributed by atoms with Crippen molar-refractivity contribution in [3.63, 3.8) is 0 Å². The van der Waals surface area contributed by atoms with E-state index in [1.807, 2.05) is 24.3 Å². The Morgan fingerprint density at radius 2 is 1.06 bits per heavy atom. The molecule has 0 bridgehead atoms. The topological polar surface area (TPSA) is 44.7 Å². The van der Waals surface area contributed by atoms with Crippen molar-refractivity contribution in [2.45, 2.75) is 32.6 Å². The third-order valence-electron chi connectivity index (χ3n) is 5.92. The van der Waals surface area contributed by atoms with Crippen molar-refractivity contribution in [3.05, 3.63) is 95.1 Å². The van der Waals surface area contributed by atoms with Crippen LogP contribution in [-0.4, -0.2) is 26.4 Å². The molecule has 0 amide bonds. The number of nitrogens with zero attached hydrogens (tertiary/aromatic N) is 2. The van der Waals surface area contributed by atoms with Crippen molar-refractivity contribution in [3.8, 4) is 0 Å². The van der Waals surface area contributed by atoms with E-state index in [0.29, 0.717) is 26.4 Å². The fourth-order valence-corrected chi connectivity index (χ4v) is 4.20. The maximum atomic E-state index is 5.74. The molecule has 0 unspecified atom stereocenters. The quantitative estimate of drug-likeness (QED) is 0.288. The van der Waals surface area contributed by atoms with Gasteiger partial charge in [0.25, 0.3) is 0 Å². The van der Waals surface area contributed by atoms with E-state index in [4.69, 9.17) is 18.9 Å². The summed E-state index contributed by atoms with van der Waals surface area (Å²) in [6, 6.07) is 18.8. The molecular weight excluding hydrogens is 552 g/mol. The summed E-state index contributed by atoms with van der Waals surface area (Å²) in [4.78, 5) is 0. The Kier molecular flexibility index (Phi) is 9.55. The van der Waals surface area contributed by atoms with Crippen LogP contribution >= 0.6 is 0 Å². The second-order valence-corrected chi connectivity index (χ2v) is 7.86. The predicted molar refractivity (Wildman–Crippen MR) is 112 cm³/mol. The van der Waals surface area contributed by atoms with Gasteiger partial charge in [0.15, 0.2) is 25.5 Å². The summed E-state index contributed by atoms with van der Waals surface area (Å²) in [5.41, 5.74) is 5.92. The number of ether oxygens (including phenoxy) is 4. The summed E-state index contributed by atoms with van der Waals surface area (Å²) >= 11 is 0.